The summed E-state index contributed by atoms with van der Waals surface area (Å²) in [5, 5.41) is 8.88. The SMILES string of the molecule is CC(C)(C)[Si](C)(C)CCOCO. The standard InChI is InChI=1S/C9H22O2Si/c1-9(2,3)12(4,5)7-6-11-8-10/h10H,6-8H2,1-5H3. The summed E-state index contributed by atoms with van der Waals surface area (Å²) >= 11 is 0. The van der Waals surface area contributed by atoms with Crippen LogP contribution in [-0.2, 0) is 4.74 Å². The highest BCUT2D eigenvalue weighted by molar-refractivity contribution is 6.80. The van der Waals surface area contributed by atoms with Crippen LogP contribution in [0.2, 0.25) is 24.2 Å². The van der Waals surface area contributed by atoms with Gasteiger partial charge in [-0.15, -0.1) is 0 Å². The summed E-state index contributed by atoms with van der Waals surface area (Å²) < 4.78 is 4.95. The van der Waals surface area contributed by atoms with E-state index < -0.39 is 8.07 Å². The van der Waals surface area contributed by atoms with E-state index in [9.17, 15) is 0 Å². The summed E-state index contributed by atoms with van der Waals surface area (Å²) in [6.45, 7) is 12.2. The van der Waals surface area contributed by atoms with Gasteiger partial charge in [0.25, 0.3) is 0 Å². The summed E-state index contributed by atoms with van der Waals surface area (Å²) in [5.74, 6) is 0. The van der Waals surface area contributed by atoms with E-state index >= 15 is 0 Å². The van der Waals surface area contributed by atoms with E-state index in [0.717, 1.165) is 6.04 Å². The lowest BCUT2D eigenvalue weighted by Gasteiger charge is -2.36. The van der Waals surface area contributed by atoms with Gasteiger partial charge < -0.3 is 9.84 Å². The van der Waals surface area contributed by atoms with Crippen molar-refractivity contribution < 1.29 is 9.84 Å². The minimum atomic E-state index is -1.18. The Hall–Kier alpha value is 0.137. The first-order chi connectivity index (χ1) is 5.31. The second kappa shape index (κ2) is 4.39. The Morgan fingerprint density at radius 1 is 1.25 bits per heavy atom. The molecule has 12 heavy (non-hydrogen) atoms. The van der Waals surface area contributed by atoms with Gasteiger partial charge in [0.05, 0.1) is 8.07 Å². The van der Waals surface area contributed by atoms with Crippen LogP contribution in [-0.4, -0.2) is 26.6 Å². The molecule has 3 heteroatoms. The predicted molar refractivity (Wildman–Crippen MR) is 55.0 cm³/mol. The third-order valence-electron chi connectivity index (χ3n) is 2.99. The van der Waals surface area contributed by atoms with Gasteiger partial charge in [-0.25, -0.2) is 0 Å². The van der Waals surface area contributed by atoms with Crippen molar-refractivity contribution in [2.45, 2.75) is 44.9 Å². The van der Waals surface area contributed by atoms with Crippen LogP contribution in [0.25, 0.3) is 0 Å². The van der Waals surface area contributed by atoms with Crippen molar-refractivity contribution in [2.75, 3.05) is 13.4 Å². The maximum Gasteiger partial charge on any atom is 0.143 e. The molecule has 74 valence electrons. The molecule has 0 aromatic carbocycles. The first-order valence-corrected chi connectivity index (χ1v) is 7.70. The van der Waals surface area contributed by atoms with E-state index in [1.165, 1.54) is 0 Å². The molecule has 0 saturated carbocycles. The molecule has 0 saturated heterocycles. The first-order valence-electron chi connectivity index (χ1n) is 4.50. The molecule has 0 aliphatic carbocycles. The second-order valence-corrected chi connectivity index (χ2v) is 10.7. The molecular formula is C9H22O2Si. The minimum absolute atomic E-state index is 0.144. The van der Waals surface area contributed by atoms with E-state index in [4.69, 9.17) is 9.84 Å². The number of aliphatic hydroxyl groups is 1. The number of hydrogen-bond acceptors (Lipinski definition) is 2. The Morgan fingerprint density at radius 2 is 1.75 bits per heavy atom. The maximum absolute atomic E-state index is 8.46. The number of ether oxygens (including phenoxy) is 1. The average Bonchev–Trinajstić information content (AvgIpc) is 1.85. The highest BCUT2D eigenvalue weighted by Gasteiger charge is 2.34. The van der Waals surface area contributed by atoms with Gasteiger partial charge in [-0.2, -0.15) is 0 Å². The number of aliphatic hydroxyl groups excluding tert-OH is 1. The van der Waals surface area contributed by atoms with E-state index in [1.807, 2.05) is 0 Å². The van der Waals surface area contributed by atoms with Crippen molar-refractivity contribution in [1.82, 2.24) is 0 Å². The van der Waals surface area contributed by atoms with Gasteiger partial charge in [0, 0.05) is 6.61 Å². The Kier molecular flexibility index (Phi) is 4.44. The molecule has 0 atom stereocenters. The molecule has 0 unspecified atom stereocenters. The lowest BCUT2D eigenvalue weighted by atomic mass is 10.2. The third-order valence-corrected chi connectivity index (χ3v) is 8.51. The van der Waals surface area contributed by atoms with Gasteiger partial charge >= 0.3 is 0 Å². The summed E-state index contributed by atoms with van der Waals surface area (Å²) in [6, 6.07) is 1.12. The van der Waals surface area contributed by atoms with Crippen molar-refractivity contribution in [3.63, 3.8) is 0 Å². The van der Waals surface area contributed by atoms with Gasteiger partial charge in [-0.1, -0.05) is 33.9 Å². The van der Waals surface area contributed by atoms with Crippen LogP contribution in [0.1, 0.15) is 20.8 Å². The van der Waals surface area contributed by atoms with Crippen molar-refractivity contribution in [1.29, 1.82) is 0 Å². The van der Waals surface area contributed by atoms with E-state index in [2.05, 4.69) is 33.9 Å². The fraction of sp³-hybridized carbons (Fsp3) is 1.00. The highest BCUT2D eigenvalue weighted by atomic mass is 28.3. The Morgan fingerprint density at radius 3 is 2.08 bits per heavy atom. The quantitative estimate of drug-likeness (QED) is 0.419. The molecule has 0 amide bonds. The van der Waals surface area contributed by atoms with E-state index in [0.29, 0.717) is 11.6 Å². The molecule has 0 radical (unpaired) electrons. The third kappa shape index (κ3) is 3.69. The zero-order valence-corrected chi connectivity index (χ0v) is 9.98. The minimum Gasteiger partial charge on any atom is -0.371 e. The smallest absolute Gasteiger partial charge is 0.143 e. The molecule has 0 rings (SSSR count). The van der Waals surface area contributed by atoms with E-state index in [-0.39, 0.29) is 6.79 Å². The molecule has 0 aromatic rings. The van der Waals surface area contributed by atoms with Crippen molar-refractivity contribution in [3.05, 3.63) is 0 Å². The molecule has 2 nitrogen and oxygen atoms in total. The lowest BCUT2D eigenvalue weighted by molar-refractivity contribution is 0.00486. The van der Waals surface area contributed by atoms with Crippen LogP contribution in [0.3, 0.4) is 0 Å². The van der Waals surface area contributed by atoms with Crippen LogP contribution in [0.5, 0.6) is 0 Å². The van der Waals surface area contributed by atoms with Crippen LogP contribution < -0.4 is 0 Å². The van der Waals surface area contributed by atoms with Crippen LogP contribution in [0.15, 0.2) is 0 Å². The van der Waals surface area contributed by atoms with Crippen molar-refractivity contribution >= 4 is 8.07 Å². The lowest BCUT2D eigenvalue weighted by Crippen LogP contribution is -2.37. The molecule has 0 bridgehead atoms. The largest absolute Gasteiger partial charge is 0.371 e. The zero-order valence-electron chi connectivity index (χ0n) is 8.98. The summed E-state index contributed by atoms with van der Waals surface area (Å²) in [5.41, 5.74) is 0. The highest BCUT2D eigenvalue weighted by Crippen LogP contribution is 2.38. The van der Waals surface area contributed by atoms with Gasteiger partial charge in [0.1, 0.15) is 6.79 Å². The Labute approximate surface area is 76.9 Å². The van der Waals surface area contributed by atoms with Crippen LogP contribution in [0, 0.1) is 0 Å². The summed E-state index contributed by atoms with van der Waals surface area (Å²) in [4.78, 5) is 0. The summed E-state index contributed by atoms with van der Waals surface area (Å²) in [7, 11) is -1.18. The van der Waals surface area contributed by atoms with Gasteiger partial charge in [-0.05, 0) is 11.1 Å². The molecule has 0 heterocycles. The molecule has 1 N–H and O–H groups in total. The molecule has 0 aromatic heterocycles. The summed E-state index contributed by atoms with van der Waals surface area (Å²) in [6.07, 6.45) is 0. The van der Waals surface area contributed by atoms with Crippen molar-refractivity contribution in [2.24, 2.45) is 0 Å². The Balaban J connectivity index is 3.88. The molecule has 0 fully saturated rings. The molecule has 0 aliphatic rings. The molecule has 0 aliphatic heterocycles. The van der Waals surface area contributed by atoms with Gasteiger partial charge in [0.15, 0.2) is 0 Å². The zero-order chi connectivity index (χ0) is 9.83. The molecule has 0 spiro atoms. The molecular weight excluding hydrogens is 168 g/mol. The normalized spacial score (nSPS) is 13.5. The fourth-order valence-electron chi connectivity index (χ4n) is 0.767. The average molecular weight is 190 g/mol. The van der Waals surface area contributed by atoms with E-state index in [1.54, 1.807) is 0 Å². The van der Waals surface area contributed by atoms with Gasteiger partial charge in [-0.3, -0.25) is 0 Å². The monoisotopic (exact) mass is 190 g/mol. The topological polar surface area (TPSA) is 29.5 Å². The van der Waals surface area contributed by atoms with Crippen LogP contribution in [0.4, 0.5) is 0 Å². The first kappa shape index (κ1) is 12.1. The van der Waals surface area contributed by atoms with Crippen molar-refractivity contribution in [3.8, 4) is 0 Å². The second-order valence-electron chi connectivity index (χ2n) is 4.92. The predicted octanol–water partition coefficient (Wildman–Crippen LogP) is 2.46. The van der Waals surface area contributed by atoms with Crippen LogP contribution >= 0.6 is 0 Å². The maximum atomic E-state index is 8.46. The van der Waals surface area contributed by atoms with Gasteiger partial charge in [0.2, 0.25) is 0 Å². The Bertz CT molecular complexity index is 127. The number of rotatable bonds is 4. The fourth-order valence-corrected chi connectivity index (χ4v) is 2.17. The number of hydrogen-bond donors (Lipinski definition) is 1.